The maximum absolute atomic E-state index is 9.54. The molecule has 0 aliphatic rings. The molecule has 2 nitrogen and oxygen atoms in total. The van der Waals surface area contributed by atoms with Crippen LogP contribution in [-0.4, -0.2) is 23.0 Å². The number of rotatable bonds is 7. The normalized spacial score (nSPS) is 16.1. The fourth-order valence-electron chi connectivity index (χ4n) is 1.66. The van der Waals surface area contributed by atoms with Crippen molar-refractivity contribution in [1.82, 2.24) is 5.32 Å². The van der Waals surface area contributed by atoms with E-state index in [0.717, 1.165) is 22.9 Å². The van der Waals surface area contributed by atoms with Crippen LogP contribution in [0.4, 0.5) is 0 Å². The lowest BCUT2D eigenvalue weighted by Crippen LogP contribution is -2.19. The minimum atomic E-state index is -0.342. The van der Waals surface area contributed by atoms with Gasteiger partial charge in [-0.15, -0.1) is 11.8 Å². The minimum Gasteiger partial charge on any atom is -0.392 e. The molecular weight excluding hydrogens is 278 g/mol. The highest BCUT2D eigenvalue weighted by Crippen LogP contribution is 2.33. The number of hydrogen-bond donors (Lipinski definition) is 2. The molecule has 0 fully saturated rings. The van der Waals surface area contributed by atoms with Crippen molar-refractivity contribution in [3.63, 3.8) is 0 Å². The second-order valence-corrected chi connectivity index (χ2v) is 6.76. The minimum absolute atomic E-state index is 0.138. The van der Waals surface area contributed by atoms with Gasteiger partial charge in [-0.3, -0.25) is 0 Å². The van der Waals surface area contributed by atoms with Crippen molar-refractivity contribution < 1.29 is 5.11 Å². The molecule has 1 rings (SSSR count). The summed E-state index contributed by atoms with van der Waals surface area (Å²) in [5.74, 6) is 0. The van der Waals surface area contributed by atoms with Crippen LogP contribution in [0.25, 0.3) is 0 Å². The summed E-state index contributed by atoms with van der Waals surface area (Å²) in [6.07, 6.45) is 0.781. The summed E-state index contributed by atoms with van der Waals surface area (Å²) in [5.41, 5.74) is 1.20. The van der Waals surface area contributed by atoms with Crippen LogP contribution < -0.4 is 5.32 Å². The third kappa shape index (κ3) is 5.35. The molecule has 0 heterocycles. The van der Waals surface area contributed by atoms with Crippen molar-refractivity contribution in [2.24, 2.45) is 0 Å². The number of halogens is 1. The zero-order chi connectivity index (χ0) is 14.4. The largest absolute Gasteiger partial charge is 0.392 e. The first-order valence-corrected chi connectivity index (χ1v) is 8.09. The standard InChI is InChI=1S/C15H24ClNOS/c1-5-8-17-10(2)13-6-7-15(14(16)9-13)19-12(4)11(3)18/h6-7,9-12,17-18H,5,8H2,1-4H3. The van der Waals surface area contributed by atoms with E-state index in [0.29, 0.717) is 6.04 Å². The molecule has 3 atom stereocenters. The average molecular weight is 302 g/mol. The Morgan fingerprint density at radius 3 is 2.53 bits per heavy atom. The van der Waals surface area contributed by atoms with Gasteiger partial charge in [0.2, 0.25) is 0 Å². The molecule has 0 saturated heterocycles. The summed E-state index contributed by atoms with van der Waals surface area (Å²) in [6.45, 7) is 9.12. The van der Waals surface area contributed by atoms with E-state index < -0.39 is 0 Å². The zero-order valence-electron chi connectivity index (χ0n) is 12.1. The highest BCUT2D eigenvalue weighted by molar-refractivity contribution is 8.00. The lowest BCUT2D eigenvalue weighted by molar-refractivity contribution is 0.196. The molecule has 0 spiro atoms. The first-order chi connectivity index (χ1) is 8.95. The SMILES string of the molecule is CCCNC(C)c1ccc(SC(C)C(C)O)c(Cl)c1. The Bertz CT molecular complexity index is 398. The van der Waals surface area contributed by atoms with Crippen LogP contribution in [0.15, 0.2) is 23.1 Å². The Morgan fingerprint density at radius 2 is 2.00 bits per heavy atom. The summed E-state index contributed by atoms with van der Waals surface area (Å²) in [4.78, 5) is 1.03. The van der Waals surface area contributed by atoms with Gasteiger partial charge in [0, 0.05) is 16.2 Å². The Morgan fingerprint density at radius 1 is 1.32 bits per heavy atom. The van der Waals surface area contributed by atoms with Gasteiger partial charge in [0.05, 0.1) is 11.1 Å². The molecule has 4 heteroatoms. The lowest BCUT2D eigenvalue weighted by Gasteiger charge is -2.17. The van der Waals surface area contributed by atoms with Crippen LogP contribution >= 0.6 is 23.4 Å². The van der Waals surface area contributed by atoms with Gasteiger partial charge in [0.15, 0.2) is 0 Å². The van der Waals surface area contributed by atoms with Gasteiger partial charge in [-0.2, -0.15) is 0 Å². The van der Waals surface area contributed by atoms with E-state index in [1.807, 2.05) is 19.1 Å². The van der Waals surface area contributed by atoms with E-state index in [-0.39, 0.29) is 11.4 Å². The van der Waals surface area contributed by atoms with E-state index in [1.165, 1.54) is 5.56 Å². The van der Waals surface area contributed by atoms with Crippen molar-refractivity contribution in [1.29, 1.82) is 0 Å². The maximum Gasteiger partial charge on any atom is 0.0631 e. The Labute approximate surface area is 125 Å². The number of aliphatic hydroxyl groups excluding tert-OH is 1. The molecular formula is C15H24ClNOS. The van der Waals surface area contributed by atoms with E-state index in [9.17, 15) is 5.11 Å². The van der Waals surface area contributed by atoms with Crippen LogP contribution in [0.1, 0.15) is 45.7 Å². The summed E-state index contributed by atoms with van der Waals surface area (Å²) < 4.78 is 0. The second kappa shape index (κ2) is 8.15. The number of thioether (sulfide) groups is 1. The molecule has 0 saturated carbocycles. The monoisotopic (exact) mass is 301 g/mol. The number of aliphatic hydroxyl groups is 1. The Kier molecular flexibility index (Phi) is 7.22. The molecule has 2 N–H and O–H groups in total. The predicted octanol–water partition coefficient (Wildman–Crippen LogP) is 4.26. The molecule has 1 aromatic rings. The molecule has 0 aromatic heterocycles. The summed E-state index contributed by atoms with van der Waals surface area (Å²) in [5, 5.41) is 13.9. The third-order valence-electron chi connectivity index (χ3n) is 3.15. The highest BCUT2D eigenvalue weighted by Gasteiger charge is 2.14. The van der Waals surface area contributed by atoms with Crippen LogP contribution in [0.5, 0.6) is 0 Å². The Hall–Kier alpha value is -0.220. The zero-order valence-corrected chi connectivity index (χ0v) is 13.7. The van der Waals surface area contributed by atoms with E-state index in [4.69, 9.17) is 11.6 Å². The molecule has 3 unspecified atom stereocenters. The van der Waals surface area contributed by atoms with Crippen molar-refractivity contribution in [3.8, 4) is 0 Å². The van der Waals surface area contributed by atoms with Crippen LogP contribution in [0, 0.1) is 0 Å². The first kappa shape index (κ1) is 16.8. The molecule has 0 aliphatic carbocycles. The molecule has 19 heavy (non-hydrogen) atoms. The van der Waals surface area contributed by atoms with Gasteiger partial charge in [-0.05, 0) is 44.5 Å². The third-order valence-corrected chi connectivity index (χ3v) is 4.95. The molecule has 108 valence electrons. The van der Waals surface area contributed by atoms with Gasteiger partial charge in [0.25, 0.3) is 0 Å². The molecule has 0 aliphatic heterocycles. The molecule has 1 aromatic carbocycles. The van der Waals surface area contributed by atoms with Gasteiger partial charge >= 0.3 is 0 Å². The topological polar surface area (TPSA) is 32.3 Å². The number of hydrogen-bond acceptors (Lipinski definition) is 3. The fraction of sp³-hybridized carbons (Fsp3) is 0.600. The smallest absolute Gasteiger partial charge is 0.0631 e. The van der Waals surface area contributed by atoms with Gasteiger partial charge in [0.1, 0.15) is 0 Å². The van der Waals surface area contributed by atoms with E-state index in [2.05, 4.69) is 25.2 Å². The van der Waals surface area contributed by atoms with Crippen molar-refractivity contribution in [2.75, 3.05) is 6.54 Å². The van der Waals surface area contributed by atoms with Gasteiger partial charge < -0.3 is 10.4 Å². The summed E-state index contributed by atoms with van der Waals surface area (Å²) in [7, 11) is 0. The van der Waals surface area contributed by atoms with E-state index in [1.54, 1.807) is 18.7 Å². The lowest BCUT2D eigenvalue weighted by atomic mass is 10.1. The van der Waals surface area contributed by atoms with Crippen molar-refractivity contribution >= 4 is 23.4 Å². The van der Waals surface area contributed by atoms with Crippen molar-refractivity contribution in [3.05, 3.63) is 28.8 Å². The van der Waals surface area contributed by atoms with Gasteiger partial charge in [-0.1, -0.05) is 31.5 Å². The van der Waals surface area contributed by atoms with Gasteiger partial charge in [-0.25, -0.2) is 0 Å². The molecule has 0 bridgehead atoms. The average Bonchev–Trinajstić information content (AvgIpc) is 2.37. The second-order valence-electron chi connectivity index (χ2n) is 4.93. The van der Waals surface area contributed by atoms with Crippen LogP contribution in [-0.2, 0) is 0 Å². The number of benzene rings is 1. The predicted molar refractivity (Wildman–Crippen MR) is 85.2 cm³/mol. The first-order valence-electron chi connectivity index (χ1n) is 6.83. The maximum atomic E-state index is 9.54. The van der Waals surface area contributed by atoms with Crippen LogP contribution in [0.3, 0.4) is 0 Å². The summed E-state index contributed by atoms with van der Waals surface area (Å²) >= 11 is 7.94. The number of nitrogens with one attached hydrogen (secondary N) is 1. The highest BCUT2D eigenvalue weighted by atomic mass is 35.5. The van der Waals surface area contributed by atoms with E-state index >= 15 is 0 Å². The molecule has 0 amide bonds. The molecule has 0 radical (unpaired) electrons. The quantitative estimate of drug-likeness (QED) is 0.738. The fourth-order valence-corrected chi connectivity index (χ4v) is 2.90. The summed E-state index contributed by atoms with van der Waals surface area (Å²) in [6, 6.07) is 6.49. The van der Waals surface area contributed by atoms with Crippen molar-refractivity contribution in [2.45, 2.75) is 56.4 Å². The Balaban J connectivity index is 2.74. The van der Waals surface area contributed by atoms with Crippen LogP contribution in [0.2, 0.25) is 5.02 Å².